The molecule has 0 aliphatic carbocycles. The van der Waals surface area contributed by atoms with Crippen LogP contribution in [-0.4, -0.2) is 43.6 Å². The maximum Gasteiger partial charge on any atom is 0.279 e. The van der Waals surface area contributed by atoms with Gasteiger partial charge in [-0.25, -0.2) is 0 Å². The molecule has 0 radical (unpaired) electrons. The van der Waals surface area contributed by atoms with E-state index in [9.17, 15) is 8.42 Å². The van der Waals surface area contributed by atoms with Crippen LogP contribution in [0.2, 0.25) is 0 Å². The third-order valence-electron chi connectivity index (χ3n) is 2.68. The molecule has 0 saturated carbocycles. The predicted molar refractivity (Wildman–Crippen MR) is 58.6 cm³/mol. The molecule has 1 fully saturated rings. The van der Waals surface area contributed by atoms with Gasteiger partial charge in [0.15, 0.2) is 0 Å². The normalized spacial score (nSPS) is 21.5. The molecule has 0 aromatic carbocycles. The number of piperidine rings is 1. The molecule has 1 atom stereocenters. The summed E-state index contributed by atoms with van der Waals surface area (Å²) in [6.45, 7) is 2.89. The fourth-order valence-corrected chi connectivity index (χ4v) is 3.19. The molecule has 0 spiro atoms. The highest BCUT2D eigenvalue weighted by Gasteiger charge is 2.25. The predicted octanol–water partition coefficient (Wildman–Crippen LogP) is 0.0776. The average Bonchev–Trinajstić information content (AvgIpc) is 2.27. The third kappa shape index (κ3) is 3.71. The molecule has 1 aliphatic heterocycles. The fourth-order valence-electron chi connectivity index (χ4n) is 1.64. The van der Waals surface area contributed by atoms with Crippen molar-refractivity contribution in [1.82, 2.24) is 9.03 Å². The summed E-state index contributed by atoms with van der Waals surface area (Å²) in [5, 5.41) is 8.94. The Morgan fingerprint density at radius 2 is 1.93 bits per heavy atom. The van der Waals surface area contributed by atoms with Crippen molar-refractivity contribution in [2.24, 2.45) is 0 Å². The van der Waals surface area contributed by atoms with Crippen LogP contribution in [0.25, 0.3) is 0 Å². The molecule has 15 heavy (non-hydrogen) atoms. The van der Waals surface area contributed by atoms with Crippen LogP contribution in [0.4, 0.5) is 0 Å². The van der Waals surface area contributed by atoms with E-state index in [2.05, 4.69) is 4.72 Å². The van der Waals surface area contributed by atoms with Gasteiger partial charge >= 0.3 is 0 Å². The Labute approximate surface area is 91.7 Å². The van der Waals surface area contributed by atoms with Crippen LogP contribution < -0.4 is 4.72 Å². The van der Waals surface area contributed by atoms with E-state index in [-0.39, 0.29) is 12.6 Å². The Bertz CT molecular complexity index is 269. The van der Waals surface area contributed by atoms with Gasteiger partial charge in [-0.2, -0.15) is 17.4 Å². The van der Waals surface area contributed by atoms with Crippen LogP contribution in [0.15, 0.2) is 0 Å². The summed E-state index contributed by atoms with van der Waals surface area (Å²) >= 11 is 0. The molecule has 6 heteroatoms. The van der Waals surface area contributed by atoms with Crippen LogP contribution in [0.3, 0.4) is 0 Å². The summed E-state index contributed by atoms with van der Waals surface area (Å²) in [5.41, 5.74) is 0. The number of rotatable bonds is 5. The van der Waals surface area contributed by atoms with E-state index in [0.29, 0.717) is 19.5 Å². The van der Waals surface area contributed by atoms with Crippen molar-refractivity contribution in [2.75, 3.05) is 19.7 Å². The minimum Gasteiger partial charge on any atom is -0.395 e. The van der Waals surface area contributed by atoms with E-state index in [1.165, 1.54) is 4.31 Å². The van der Waals surface area contributed by atoms with Crippen LogP contribution in [0.1, 0.15) is 32.6 Å². The number of aliphatic hydroxyl groups is 1. The zero-order valence-electron chi connectivity index (χ0n) is 9.15. The van der Waals surface area contributed by atoms with E-state index in [0.717, 1.165) is 19.3 Å². The van der Waals surface area contributed by atoms with Crippen molar-refractivity contribution in [3.05, 3.63) is 0 Å². The lowest BCUT2D eigenvalue weighted by molar-refractivity contribution is 0.249. The standard InChI is InChI=1S/C9H20N2O3S/c1-2-9(8-12)10-15(13,14)11-6-4-3-5-7-11/h9-10,12H,2-8H2,1H3/t9-/m0/s1. The maximum absolute atomic E-state index is 11.8. The minimum atomic E-state index is -3.38. The Morgan fingerprint density at radius 1 is 1.33 bits per heavy atom. The molecular formula is C9H20N2O3S. The van der Waals surface area contributed by atoms with Gasteiger partial charge in [-0.3, -0.25) is 0 Å². The second-order valence-electron chi connectivity index (χ2n) is 3.87. The van der Waals surface area contributed by atoms with Gasteiger partial charge in [-0.05, 0) is 19.3 Å². The van der Waals surface area contributed by atoms with E-state index < -0.39 is 10.2 Å². The maximum atomic E-state index is 11.8. The molecule has 0 amide bonds. The van der Waals surface area contributed by atoms with Gasteiger partial charge in [0.05, 0.1) is 6.61 Å². The highest BCUT2D eigenvalue weighted by atomic mass is 32.2. The van der Waals surface area contributed by atoms with Crippen LogP contribution in [0.5, 0.6) is 0 Å². The number of nitrogens with zero attached hydrogens (tertiary/aromatic N) is 1. The monoisotopic (exact) mass is 236 g/mol. The van der Waals surface area contributed by atoms with Crippen LogP contribution in [0, 0.1) is 0 Å². The van der Waals surface area contributed by atoms with Gasteiger partial charge in [0, 0.05) is 19.1 Å². The summed E-state index contributed by atoms with van der Waals surface area (Å²) in [6.07, 6.45) is 3.56. The number of nitrogens with one attached hydrogen (secondary N) is 1. The van der Waals surface area contributed by atoms with Gasteiger partial charge in [0.1, 0.15) is 0 Å². The molecule has 1 rings (SSSR count). The molecular weight excluding hydrogens is 216 g/mol. The minimum absolute atomic E-state index is 0.149. The molecule has 1 heterocycles. The van der Waals surface area contributed by atoms with Gasteiger partial charge in [0.2, 0.25) is 0 Å². The van der Waals surface area contributed by atoms with Crippen molar-refractivity contribution in [2.45, 2.75) is 38.6 Å². The number of aliphatic hydroxyl groups excluding tert-OH is 1. The third-order valence-corrected chi connectivity index (χ3v) is 4.36. The van der Waals surface area contributed by atoms with Crippen molar-refractivity contribution < 1.29 is 13.5 Å². The summed E-state index contributed by atoms with van der Waals surface area (Å²) < 4.78 is 27.6. The lowest BCUT2D eigenvalue weighted by atomic mass is 10.2. The van der Waals surface area contributed by atoms with Crippen molar-refractivity contribution in [3.63, 3.8) is 0 Å². The fraction of sp³-hybridized carbons (Fsp3) is 1.00. The van der Waals surface area contributed by atoms with Gasteiger partial charge in [0.25, 0.3) is 10.2 Å². The van der Waals surface area contributed by atoms with Crippen molar-refractivity contribution >= 4 is 10.2 Å². The highest BCUT2D eigenvalue weighted by Crippen LogP contribution is 2.12. The molecule has 1 saturated heterocycles. The zero-order valence-corrected chi connectivity index (χ0v) is 9.96. The first-order valence-corrected chi connectivity index (χ1v) is 6.92. The number of hydrogen-bond acceptors (Lipinski definition) is 3. The first kappa shape index (κ1) is 12.9. The van der Waals surface area contributed by atoms with Gasteiger partial charge in [-0.15, -0.1) is 0 Å². The Balaban J connectivity index is 2.56. The van der Waals surface area contributed by atoms with E-state index in [1.807, 2.05) is 6.92 Å². The zero-order chi connectivity index (χ0) is 11.3. The van der Waals surface area contributed by atoms with E-state index in [4.69, 9.17) is 5.11 Å². The van der Waals surface area contributed by atoms with E-state index >= 15 is 0 Å². The molecule has 2 N–H and O–H groups in total. The molecule has 0 aromatic heterocycles. The molecule has 90 valence electrons. The summed E-state index contributed by atoms with van der Waals surface area (Å²) in [7, 11) is -3.38. The Kier molecular flexibility index (Phi) is 4.98. The van der Waals surface area contributed by atoms with Crippen molar-refractivity contribution in [3.8, 4) is 0 Å². The topological polar surface area (TPSA) is 69.6 Å². The largest absolute Gasteiger partial charge is 0.395 e. The highest BCUT2D eigenvalue weighted by molar-refractivity contribution is 7.87. The second-order valence-corrected chi connectivity index (χ2v) is 5.57. The molecule has 1 aliphatic rings. The van der Waals surface area contributed by atoms with Crippen LogP contribution in [-0.2, 0) is 10.2 Å². The number of hydrogen-bond donors (Lipinski definition) is 2. The smallest absolute Gasteiger partial charge is 0.279 e. The lowest BCUT2D eigenvalue weighted by Gasteiger charge is -2.27. The van der Waals surface area contributed by atoms with Crippen LogP contribution >= 0.6 is 0 Å². The quantitative estimate of drug-likeness (QED) is 0.710. The summed E-state index contributed by atoms with van der Waals surface area (Å²) in [5.74, 6) is 0. The second kappa shape index (κ2) is 5.79. The van der Waals surface area contributed by atoms with Gasteiger partial charge in [-0.1, -0.05) is 13.3 Å². The Morgan fingerprint density at radius 3 is 2.40 bits per heavy atom. The SMILES string of the molecule is CC[C@@H](CO)NS(=O)(=O)N1CCCCC1. The molecule has 0 unspecified atom stereocenters. The summed E-state index contributed by atoms with van der Waals surface area (Å²) in [6, 6.07) is -0.364. The van der Waals surface area contributed by atoms with Gasteiger partial charge < -0.3 is 5.11 Å². The molecule has 0 bridgehead atoms. The average molecular weight is 236 g/mol. The molecule has 0 aromatic rings. The first-order valence-electron chi connectivity index (χ1n) is 5.48. The molecule has 5 nitrogen and oxygen atoms in total. The van der Waals surface area contributed by atoms with Crippen molar-refractivity contribution in [1.29, 1.82) is 0 Å². The lowest BCUT2D eigenvalue weighted by Crippen LogP contribution is -2.48. The Hall–Kier alpha value is -0.170. The van der Waals surface area contributed by atoms with E-state index in [1.54, 1.807) is 0 Å². The summed E-state index contributed by atoms with van der Waals surface area (Å²) in [4.78, 5) is 0. The first-order chi connectivity index (χ1) is 7.10.